The minimum Gasteiger partial charge on any atom is -0.378 e. The van der Waals surface area contributed by atoms with Crippen molar-refractivity contribution in [1.82, 2.24) is 15.0 Å². The number of nitrogens with one attached hydrogen (secondary N) is 1. The van der Waals surface area contributed by atoms with Crippen molar-refractivity contribution in [3.05, 3.63) is 54.2 Å². The van der Waals surface area contributed by atoms with E-state index in [1.165, 1.54) is 10.5 Å². The summed E-state index contributed by atoms with van der Waals surface area (Å²) in [4.78, 5) is 20.2. The summed E-state index contributed by atoms with van der Waals surface area (Å²) < 4.78 is 5.54. The van der Waals surface area contributed by atoms with Crippen LogP contribution >= 0.6 is 11.8 Å². The average Bonchev–Trinajstić information content (AvgIpc) is 2.89. The van der Waals surface area contributed by atoms with Crippen LogP contribution in [0.2, 0.25) is 0 Å². The number of rotatable bonds is 10. The van der Waals surface area contributed by atoms with Gasteiger partial charge >= 0.3 is 0 Å². The van der Waals surface area contributed by atoms with Crippen LogP contribution in [0.5, 0.6) is 0 Å². The minimum atomic E-state index is 0.702. The first kappa shape index (κ1) is 24.3. The van der Waals surface area contributed by atoms with E-state index in [-0.39, 0.29) is 0 Å². The first-order chi connectivity index (χ1) is 16.7. The third kappa shape index (κ3) is 6.18. The Labute approximate surface area is 207 Å². The molecule has 0 saturated carbocycles. The van der Waals surface area contributed by atoms with Crippen molar-refractivity contribution in [2.45, 2.75) is 25.2 Å². The average molecular weight is 479 g/mol. The molecule has 1 aromatic carbocycles. The van der Waals surface area contributed by atoms with Gasteiger partial charge in [0.25, 0.3) is 0 Å². The highest BCUT2D eigenvalue weighted by molar-refractivity contribution is 7.98. The fourth-order valence-corrected chi connectivity index (χ4v) is 4.54. The number of thioether (sulfide) groups is 1. The molecule has 7 nitrogen and oxygen atoms in total. The summed E-state index contributed by atoms with van der Waals surface area (Å²) in [5.74, 6) is 2.65. The van der Waals surface area contributed by atoms with Gasteiger partial charge in [0.1, 0.15) is 11.6 Å². The Morgan fingerprint density at radius 3 is 2.71 bits per heavy atom. The molecular weight excluding hydrogens is 444 g/mol. The standard InChI is InChI=1S/C26H34N6OS/c1-4-12-31(25-20(2)7-6-10-28-25)13-11-27-24-19-23(21-8-5-9-22(18-21)34-3)29-26(30-24)32-14-16-33-17-15-32/h5-10,18-19H,4,11-17H2,1-3H3,(H,27,29,30). The molecule has 0 radical (unpaired) electrons. The molecule has 0 aliphatic carbocycles. The predicted octanol–water partition coefficient (Wildman–Crippen LogP) is 4.73. The first-order valence-corrected chi connectivity index (χ1v) is 13.2. The Morgan fingerprint density at radius 2 is 1.94 bits per heavy atom. The number of morpholine rings is 1. The lowest BCUT2D eigenvalue weighted by molar-refractivity contribution is 0.122. The van der Waals surface area contributed by atoms with Crippen LogP contribution in [0.3, 0.4) is 0 Å². The number of pyridine rings is 1. The highest BCUT2D eigenvalue weighted by Crippen LogP contribution is 2.27. The van der Waals surface area contributed by atoms with Crippen LogP contribution in [0.1, 0.15) is 18.9 Å². The number of aromatic nitrogens is 3. The summed E-state index contributed by atoms with van der Waals surface area (Å²) >= 11 is 1.74. The van der Waals surface area contributed by atoms with Crippen LogP contribution in [0.25, 0.3) is 11.3 Å². The molecule has 0 bridgehead atoms. The van der Waals surface area contributed by atoms with Crippen LogP contribution < -0.4 is 15.1 Å². The molecule has 1 N–H and O–H groups in total. The van der Waals surface area contributed by atoms with Crippen molar-refractivity contribution in [3.63, 3.8) is 0 Å². The quantitative estimate of drug-likeness (QED) is 0.420. The second-order valence-corrected chi connectivity index (χ2v) is 9.21. The third-order valence-electron chi connectivity index (χ3n) is 5.84. The Kier molecular flexibility index (Phi) is 8.60. The van der Waals surface area contributed by atoms with E-state index in [0.29, 0.717) is 13.2 Å². The molecule has 4 rings (SSSR count). The van der Waals surface area contributed by atoms with Gasteiger partial charge < -0.3 is 19.9 Å². The zero-order valence-electron chi connectivity index (χ0n) is 20.3. The fourth-order valence-electron chi connectivity index (χ4n) is 4.08. The van der Waals surface area contributed by atoms with Crippen LogP contribution in [-0.4, -0.2) is 67.1 Å². The van der Waals surface area contributed by atoms with Gasteiger partial charge in [0, 0.05) is 55.4 Å². The van der Waals surface area contributed by atoms with Crippen LogP contribution in [-0.2, 0) is 4.74 Å². The van der Waals surface area contributed by atoms with Crippen molar-refractivity contribution in [1.29, 1.82) is 0 Å². The highest BCUT2D eigenvalue weighted by atomic mass is 32.2. The lowest BCUT2D eigenvalue weighted by atomic mass is 10.1. The first-order valence-electron chi connectivity index (χ1n) is 11.9. The van der Waals surface area contributed by atoms with Gasteiger partial charge in [-0.25, -0.2) is 9.97 Å². The van der Waals surface area contributed by atoms with Gasteiger partial charge in [-0.05, 0) is 43.4 Å². The fraction of sp³-hybridized carbons (Fsp3) is 0.423. The smallest absolute Gasteiger partial charge is 0.228 e. The summed E-state index contributed by atoms with van der Waals surface area (Å²) in [7, 11) is 0. The summed E-state index contributed by atoms with van der Waals surface area (Å²) in [5, 5.41) is 3.56. The number of ether oxygens (including phenoxy) is 1. The van der Waals surface area contributed by atoms with Gasteiger partial charge in [0.2, 0.25) is 5.95 Å². The van der Waals surface area contributed by atoms with Crippen molar-refractivity contribution in [2.75, 3.05) is 67.3 Å². The van der Waals surface area contributed by atoms with E-state index in [4.69, 9.17) is 14.7 Å². The normalized spacial score (nSPS) is 13.7. The van der Waals surface area contributed by atoms with E-state index in [1.54, 1.807) is 11.8 Å². The topological polar surface area (TPSA) is 66.4 Å². The zero-order chi connectivity index (χ0) is 23.8. The largest absolute Gasteiger partial charge is 0.378 e. The van der Waals surface area contributed by atoms with Crippen molar-refractivity contribution in [2.24, 2.45) is 0 Å². The van der Waals surface area contributed by atoms with Gasteiger partial charge in [-0.1, -0.05) is 25.1 Å². The SMILES string of the molecule is CCCN(CCNc1cc(-c2cccc(SC)c2)nc(N2CCOCC2)n1)c1ncccc1C. The lowest BCUT2D eigenvalue weighted by Crippen LogP contribution is -2.37. The molecule has 1 saturated heterocycles. The molecule has 180 valence electrons. The molecule has 2 aromatic heterocycles. The molecule has 0 amide bonds. The molecule has 8 heteroatoms. The maximum Gasteiger partial charge on any atom is 0.228 e. The Hall–Kier alpha value is -2.84. The van der Waals surface area contributed by atoms with Crippen LogP contribution in [0, 0.1) is 6.92 Å². The molecular formula is C26H34N6OS. The zero-order valence-corrected chi connectivity index (χ0v) is 21.1. The monoisotopic (exact) mass is 478 g/mol. The number of hydrogen-bond donors (Lipinski definition) is 1. The van der Waals surface area contributed by atoms with Gasteiger partial charge in [0.15, 0.2) is 0 Å². The predicted molar refractivity (Wildman–Crippen MR) is 142 cm³/mol. The minimum absolute atomic E-state index is 0.702. The van der Waals surface area contributed by atoms with Gasteiger partial charge in [-0.3, -0.25) is 0 Å². The molecule has 0 unspecified atom stereocenters. The van der Waals surface area contributed by atoms with Crippen molar-refractivity contribution in [3.8, 4) is 11.3 Å². The Balaban J connectivity index is 1.55. The van der Waals surface area contributed by atoms with E-state index in [9.17, 15) is 0 Å². The number of anilines is 3. The second-order valence-electron chi connectivity index (χ2n) is 8.33. The number of benzene rings is 1. The van der Waals surface area contributed by atoms with Crippen LogP contribution in [0.4, 0.5) is 17.6 Å². The van der Waals surface area contributed by atoms with E-state index in [1.807, 2.05) is 12.3 Å². The van der Waals surface area contributed by atoms with E-state index >= 15 is 0 Å². The number of nitrogens with zero attached hydrogens (tertiary/aromatic N) is 5. The summed E-state index contributed by atoms with van der Waals surface area (Å²) in [5.41, 5.74) is 3.23. The number of hydrogen-bond acceptors (Lipinski definition) is 8. The van der Waals surface area contributed by atoms with Crippen LogP contribution in [0.15, 0.2) is 53.6 Å². The molecule has 0 spiro atoms. The maximum absolute atomic E-state index is 5.54. The molecule has 1 aliphatic rings. The summed E-state index contributed by atoms with van der Waals surface area (Å²) in [6.45, 7) is 9.91. The van der Waals surface area contributed by atoms with E-state index in [0.717, 1.165) is 68.0 Å². The maximum atomic E-state index is 5.54. The van der Waals surface area contributed by atoms with Gasteiger partial charge in [-0.15, -0.1) is 11.8 Å². The third-order valence-corrected chi connectivity index (χ3v) is 6.56. The van der Waals surface area contributed by atoms with E-state index < -0.39 is 0 Å². The Bertz CT molecular complexity index is 1070. The lowest BCUT2D eigenvalue weighted by Gasteiger charge is -2.28. The summed E-state index contributed by atoms with van der Waals surface area (Å²) in [6.07, 6.45) is 5.03. The number of aryl methyl sites for hydroxylation is 1. The second kappa shape index (κ2) is 12.0. The van der Waals surface area contributed by atoms with Gasteiger partial charge in [-0.2, -0.15) is 4.98 Å². The Morgan fingerprint density at radius 1 is 1.09 bits per heavy atom. The van der Waals surface area contributed by atoms with Gasteiger partial charge in [0.05, 0.1) is 18.9 Å². The molecule has 1 fully saturated rings. The van der Waals surface area contributed by atoms with Crippen molar-refractivity contribution < 1.29 is 4.74 Å². The van der Waals surface area contributed by atoms with E-state index in [2.05, 4.69) is 76.6 Å². The molecule has 0 atom stereocenters. The highest BCUT2D eigenvalue weighted by Gasteiger charge is 2.17. The van der Waals surface area contributed by atoms with Crippen molar-refractivity contribution >= 4 is 29.3 Å². The molecule has 34 heavy (non-hydrogen) atoms. The molecule has 1 aliphatic heterocycles. The molecule has 3 heterocycles. The molecule has 3 aromatic rings. The summed E-state index contributed by atoms with van der Waals surface area (Å²) in [6, 6.07) is 14.7.